The summed E-state index contributed by atoms with van der Waals surface area (Å²) in [5, 5.41) is 9.07. The number of para-hydroxylation sites is 1. The molecule has 0 aliphatic carbocycles. The number of aromatic amines is 1. The van der Waals surface area contributed by atoms with Crippen LogP contribution in [0.5, 0.6) is 0 Å². The largest absolute Gasteiger partial charge is 0.330 e. The van der Waals surface area contributed by atoms with Gasteiger partial charge in [0.15, 0.2) is 16.3 Å². The zero-order valence-electron chi connectivity index (χ0n) is 19.3. The highest BCUT2D eigenvalue weighted by Crippen LogP contribution is 2.25. The minimum absolute atomic E-state index is 0.326. The molecule has 0 aliphatic heterocycles. The van der Waals surface area contributed by atoms with Crippen LogP contribution >= 0.6 is 11.8 Å². The van der Waals surface area contributed by atoms with Gasteiger partial charge in [0.05, 0.1) is 12.3 Å². The third-order valence-electron chi connectivity index (χ3n) is 5.76. The highest BCUT2D eigenvalue weighted by molar-refractivity contribution is 7.98. The standard InChI is InChI=1S/C25H25N7O2S/c1-2-3-14-30-20(16-35-25-29-26-17-32(25)19-12-8-5-9-13-19)27-22-21(30)23(33)28-24(34)31(22)15-18-10-6-4-7-11-18/h4-13,17H,2-3,14-16H2,1H3,(H,28,33,34). The number of fused-ring (bicyclic) bond motifs is 1. The lowest BCUT2D eigenvalue weighted by Gasteiger charge is -2.09. The third kappa shape index (κ3) is 4.69. The number of unbranched alkanes of at least 4 members (excludes halogenated alkanes) is 1. The molecule has 10 heteroatoms. The fourth-order valence-electron chi connectivity index (χ4n) is 4.02. The van der Waals surface area contributed by atoms with Gasteiger partial charge in [-0.1, -0.05) is 73.6 Å². The lowest BCUT2D eigenvalue weighted by molar-refractivity contribution is 0.626. The summed E-state index contributed by atoms with van der Waals surface area (Å²) in [5.74, 6) is 1.20. The van der Waals surface area contributed by atoms with Crippen LogP contribution in [0.2, 0.25) is 0 Å². The highest BCUT2D eigenvalue weighted by atomic mass is 32.2. The van der Waals surface area contributed by atoms with Crippen LogP contribution in [0.15, 0.2) is 81.7 Å². The second kappa shape index (κ2) is 10.1. The van der Waals surface area contributed by atoms with Crippen LogP contribution in [-0.2, 0) is 18.8 Å². The molecule has 5 aromatic rings. The Kier molecular flexibility index (Phi) is 6.62. The van der Waals surface area contributed by atoms with Gasteiger partial charge in [0.25, 0.3) is 5.56 Å². The van der Waals surface area contributed by atoms with E-state index in [2.05, 4.69) is 22.1 Å². The molecule has 3 heterocycles. The number of imidazole rings is 1. The first-order valence-electron chi connectivity index (χ1n) is 11.5. The van der Waals surface area contributed by atoms with Crippen LogP contribution in [0.25, 0.3) is 16.9 Å². The first-order valence-corrected chi connectivity index (χ1v) is 12.5. The first kappa shape index (κ1) is 22.9. The molecule has 3 aromatic heterocycles. The van der Waals surface area contributed by atoms with E-state index in [0.29, 0.717) is 30.0 Å². The molecule has 0 amide bonds. The van der Waals surface area contributed by atoms with Crippen molar-refractivity contribution in [2.45, 2.75) is 43.8 Å². The third-order valence-corrected chi connectivity index (χ3v) is 6.70. The highest BCUT2D eigenvalue weighted by Gasteiger charge is 2.19. The zero-order chi connectivity index (χ0) is 24.2. The van der Waals surface area contributed by atoms with E-state index in [0.717, 1.165) is 35.1 Å². The molecule has 0 aliphatic rings. The molecule has 0 atom stereocenters. The zero-order valence-corrected chi connectivity index (χ0v) is 20.1. The molecule has 5 rings (SSSR count). The number of benzene rings is 2. The van der Waals surface area contributed by atoms with Gasteiger partial charge in [-0.2, -0.15) is 0 Å². The summed E-state index contributed by atoms with van der Waals surface area (Å²) >= 11 is 1.49. The predicted octanol–water partition coefficient (Wildman–Crippen LogP) is 3.61. The van der Waals surface area contributed by atoms with E-state index in [4.69, 9.17) is 4.98 Å². The van der Waals surface area contributed by atoms with Crippen molar-refractivity contribution in [1.82, 2.24) is 33.9 Å². The molecule has 9 nitrogen and oxygen atoms in total. The molecule has 0 fully saturated rings. The van der Waals surface area contributed by atoms with Crippen molar-refractivity contribution in [3.05, 3.63) is 99.2 Å². The fourth-order valence-corrected chi connectivity index (χ4v) is 4.89. The average molecular weight is 488 g/mol. The lowest BCUT2D eigenvalue weighted by atomic mass is 10.2. The second-order valence-electron chi connectivity index (χ2n) is 8.14. The van der Waals surface area contributed by atoms with Gasteiger partial charge in [-0.3, -0.25) is 18.9 Å². The Balaban J connectivity index is 1.55. The van der Waals surface area contributed by atoms with E-state index in [1.807, 2.05) is 69.8 Å². The van der Waals surface area contributed by atoms with Crippen LogP contribution in [0.4, 0.5) is 0 Å². The van der Waals surface area contributed by atoms with Crippen molar-refractivity contribution in [2.75, 3.05) is 0 Å². The summed E-state index contributed by atoms with van der Waals surface area (Å²) < 4.78 is 5.39. The number of aromatic nitrogens is 7. The molecule has 178 valence electrons. The number of rotatable bonds is 9. The van der Waals surface area contributed by atoms with Gasteiger partial charge in [-0.25, -0.2) is 9.78 Å². The Morgan fingerprint density at radius 2 is 1.71 bits per heavy atom. The Morgan fingerprint density at radius 3 is 2.46 bits per heavy atom. The average Bonchev–Trinajstić information content (AvgIpc) is 3.50. The number of H-pyrrole nitrogens is 1. The van der Waals surface area contributed by atoms with E-state index >= 15 is 0 Å². The van der Waals surface area contributed by atoms with E-state index < -0.39 is 11.2 Å². The van der Waals surface area contributed by atoms with Crippen LogP contribution in [0.3, 0.4) is 0 Å². The molecule has 1 N–H and O–H groups in total. The molecule has 0 saturated heterocycles. The van der Waals surface area contributed by atoms with Gasteiger partial charge in [-0.05, 0) is 24.1 Å². The first-order chi connectivity index (χ1) is 17.2. The molecule has 35 heavy (non-hydrogen) atoms. The van der Waals surface area contributed by atoms with Crippen molar-refractivity contribution >= 4 is 22.9 Å². The van der Waals surface area contributed by atoms with Crippen LogP contribution in [0, 0.1) is 0 Å². The van der Waals surface area contributed by atoms with E-state index in [1.54, 1.807) is 6.33 Å². The van der Waals surface area contributed by atoms with Crippen molar-refractivity contribution in [3.8, 4) is 5.69 Å². The number of nitrogens with zero attached hydrogens (tertiary/aromatic N) is 6. The van der Waals surface area contributed by atoms with Crippen molar-refractivity contribution in [1.29, 1.82) is 0 Å². The van der Waals surface area contributed by atoms with Gasteiger partial charge < -0.3 is 4.57 Å². The van der Waals surface area contributed by atoms with Crippen molar-refractivity contribution in [3.63, 3.8) is 0 Å². The maximum Gasteiger partial charge on any atom is 0.330 e. The van der Waals surface area contributed by atoms with Crippen molar-refractivity contribution in [2.24, 2.45) is 0 Å². The molecule has 0 saturated carbocycles. The second-order valence-corrected chi connectivity index (χ2v) is 9.09. The summed E-state index contributed by atoms with van der Waals surface area (Å²) in [5.41, 5.74) is 1.87. The van der Waals surface area contributed by atoms with Gasteiger partial charge >= 0.3 is 5.69 Å². The normalized spacial score (nSPS) is 11.3. The van der Waals surface area contributed by atoms with Crippen LogP contribution in [-0.4, -0.2) is 33.9 Å². The Labute approximate surface area is 205 Å². The number of hydrogen-bond acceptors (Lipinski definition) is 6. The predicted molar refractivity (Wildman–Crippen MR) is 136 cm³/mol. The molecular formula is C25H25N7O2S. The van der Waals surface area contributed by atoms with Gasteiger partial charge in [0, 0.05) is 12.2 Å². The maximum atomic E-state index is 12.9. The number of hydrogen-bond donors (Lipinski definition) is 1. The Hall–Kier alpha value is -3.92. The van der Waals surface area contributed by atoms with Crippen LogP contribution < -0.4 is 11.2 Å². The van der Waals surface area contributed by atoms with E-state index in [-0.39, 0.29) is 0 Å². The van der Waals surface area contributed by atoms with Gasteiger partial charge in [0.1, 0.15) is 12.2 Å². The quantitative estimate of drug-likeness (QED) is 0.319. The Bertz CT molecular complexity index is 1550. The van der Waals surface area contributed by atoms with E-state index in [9.17, 15) is 9.59 Å². The maximum absolute atomic E-state index is 12.9. The summed E-state index contributed by atoms with van der Waals surface area (Å²) in [6.07, 6.45) is 3.54. The molecule has 0 bridgehead atoms. The molecule has 0 radical (unpaired) electrons. The lowest BCUT2D eigenvalue weighted by Crippen LogP contribution is -2.31. The monoisotopic (exact) mass is 487 g/mol. The topological polar surface area (TPSA) is 103 Å². The van der Waals surface area contributed by atoms with Gasteiger partial charge in [-0.15, -0.1) is 10.2 Å². The minimum Gasteiger partial charge on any atom is -0.321 e. The molecule has 0 spiro atoms. The number of aryl methyl sites for hydroxylation is 1. The van der Waals surface area contributed by atoms with Gasteiger partial charge in [0.2, 0.25) is 0 Å². The molecular weight excluding hydrogens is 462 g/mol. The summed E-state index contributed by atoms with van der Waals surface area (Å²) in [4.78, 5) is 33.0. The van der Waals surface area contributed by atoms with E-state index in [1.165, 1.54) is 16.3 Å². The fraction of sp³-hybridized carbons (Fsp3) is 0.240. The molecule has 0 unspecified atom stereocenters. The summed E-state index contributed by atoms with van der Waals surface area (Å²) in [6, 6.07) is 19.5. The minimum atomic E-state index is -0.463. The van der Waals surface area contributed by atoms with Crippen LogP contribution in [0.1, 0.15) is 31.2 Å². The number of nitrogens with one attached hydrogen (secondary N) is 1. The van der Waals surface area contributed by atoms with Crippen molar-refractivity contribution < 1.29 is 0 Å². The summed E-state index contributed by atoms with van der Waals surface area (Å²) in [7, 11) is 0. The Morgan fingerprint density at radius 1 is 0.971 bits per heavy atom. The molecule has 2 aromatic carbocycles. The smallest absolute Gasteiger partial charge is 0.321 e. The number of thioether (sulfide) groups is 1. The summed E-state index contributed by atoms with van der Waals surface area (Å²) in [6.45, 7) is 3.07. The SMILES string of the molecule is CCCCn1c(CSc2nncn2-c2ccccc2)nc2c1c(=O)[nH]c(=O)n2Cc1ccccc1.